The van der Waals surface area contributed by atoms with Gasteiger partial charge in [-0.05, 0) is 12.5 Å². The zero-order chi connectivity index (χ0) is 13.1. The Labute approximate surface area is 108 Å². The van der Waals surface area contributed by atoms with Crippen LogP contribution in [0.25, 0.3) is 0 Å². The van der Waals surface area contributed by atoms with Gasteiger partial charge in [0.1, 0.15) is 11.9 Å². The Morgan fingerprint density at radius 3 is 2.78 bits per heavy atom. The third-order valence-corrected chi connectivity index (χ3v) is 3.40. The molecular weight excluding hydrogens is 228 g/mol. The summed E-state index contributed by atoms with van der Waals surface area (Å²) in [5.41, 5.74) is 1.01. The summed E-state index contributed by atoms with van der Waals surface area (Å²) < 4.78 is 5.36. The molecule has 98 valence electrons. The Kier molecular flexibility index (Phi) is 3.87. The third-order valence-electron chi connectivity index (χ3n) is 3.40. The van der Waals surface area contributed by atoms with Gasteiger partial charge in [-0.3, -0.25) is 10.1 Å². The van der Waals surface area contributed by atoms with E-state index in [4.69, 9.17) is 4.74 Å². The third kappa shape index (κ3) is 2.20. The van der Waals surface area contributed by atoms with Crippen molar-refractivity contribution in [1.29, 1.82) is 0 Å². The van der Waals surface area contributed by atoms with Crippen molar-refractivity contribution in [1.82, 2.24) is 10.2 Å². The van der Waals surface area contributed by atoms with Crippen LogP contribution in [0.3, 0.4) is 0 Å². The lowest BCUT2D eigenvalue weighted by atomic mass is 10.1. The van der Waals surface area contributed by atoms with Crippen molar-refractivity contribution in [3.63, 3.8) is 0 Å². The Balaban J connectivity index is 2.26. The van der Waals surface area contributed by atoms with Crippen LogP contribution in [0.1, 0.15) is 31.5 Å². The number of nitrogens with zero attached hydrogens (tertiary/aromatic N) is 1. The topological polar surface area (TPSA) is 41.6 Å². The molecule has 0 spiro atoms. The Bertz CT molecular complexity index is 434. The lowest BCUT2D eigenvalue weighted by Gasteiger charge is -2.21. The molecule has 4 nitrogen and oxygen atoms in total. The highest BCUT2D eigenvalue weighted by Crippen LogP contribution is 2.31. The molecule has 1 heterocycles. The lowest BCUT2D eigenvalue weighted by molar-refractivity contribution is -0.128. The van der Waals surface area contributed by atoms with Crippen LogP contribution in [0.4, 0.5) is 0 Å². The molecule has 1 saturated heterocycles. The van der Waals surface area contributed by atoms with E-state index < -0.39 is 0 Å². The van der Waals surface area contributed by atoms with E-state index >= 15 is 0 Å². The summed E-state index contributed by atoms with van der Waals surface area (Å²) in [6, 6.07) is 7.74. The molecule has 1 aliphatic rings. The van der Waals surface area contributed by atoms with Gasteiger partial charge in [-0.15, -0.1) is 0 Å². The number of ether oxygens (including phenoxy) is 1. The SMILES string of the molecule is CCCC1NC(c2ccccc2OC)N(C)C1=O. The lowest BCUT2D eigenvalue weighted by Crippen LogP contribution is -2.28. The van der Waals surface area contributed by atoms with E-state index in [1.54, 1.807) is 12.0 Å². The van der Waals surface area contributed by atoms with Crippen LogP contribution in [0, 0.1) is 0 Å². The van der Waals surface area contributed by atoms with Crippen molar-refractivity contribution in [2.45, 2.75) is 32.0 Å². The molecule has 18 heavy (non-hydrogen) atoms. The minimum Gasteiger partial charge on any atom is -0.496 e. The largest absolute Gasteiger partial charge is 0.496 e. The predicted molar refractivity (Wildman–Crippen MR) is 70.3 cm³/mol. The summed E-state index contributed by atoms with van der Waals surface area (Å²) in [6.45, 7) is 2.09. The molecule has 0 radical (unpaired) electrons. The van der Waals surface area contributed by atoms with Crippen LogP contribution in [-0.2, 0) is 4.79 Å². The smallest absolute Gasteiger partial charge is 0.241 e. The van der Waals surface area contributed by atoms with Crippen molar-refractivity contribution < 1.29 is 9.53 Å². The molecule has 0 aromatic heterocycles. The monoisotopic (exact) mass is 248 g/mol. The summed E-state index contributed by atoms with van der Waals surface area (Å²) >= 11 is 0. The summed E-state index contributed by atoms with van der Waals surface area (Å²) in [6.07, 6.45) is 1.77. The van der Waals surface area contributed by atoms with Gasteiger partial charge >= 0.3 is 0 Å². The van der Waals surface area contributed by atoms with Crippen molar-refractivity contribution in [3.05, 3.63) is 29.8 Å². The molecule has 1 N–H and O–H groups in total. The summed E-state index contributed by atoms with van der Waals surface area (Å²) in [5, 5.41) is 3.38. The van der Waals surface area contributed by atoms with Crippen molar-refractivity contribution >= 4 is 5.91 Å². The molecule has 2 atom stereocenters. The van der Waals surface area contributed by atoms with E-state index in [2.05, 4.69) is 12.2 Å². The van der Waals surface area contributed by atoms with Crippen LogP contribution in [0.5, 0.6) is 5.75 Å². The zero-order valence-corrected chi connectivity index (χ0v) is 11.1. The molecule has 2 rings (SSSR count). The number of rotatable bonds is 4. The Hall–Kier alpha value is -1.55. The second-order valence-corrected chi connectivity index (χ2v) is 4.60. The number of likely N-dealkylation sites (N-methyl/N-ethyl adjacent to an activating group) is 1. The average Bonchev–Trinajstić information content (AvgIpc) is 2.67. The maximum Gasteiger partial charge on any atom is 0.241 e. The maximum atomic E-state index is 12.1. The van der Waals surface area contributed by atoms with Crippen LogP contribution in [0.15, 0.2) is 24.3 Å². The second-order valence-electron chi connectivity index (χ2n) is 4.60. The van der Waals surface area contributed by atoms with Crippen molar-refractivity contribution in [2.75, 3.05) is 14.2 Å². The van der Waals surface area contributed by atoms with Crippen LogP contribution in [-0.4, -0.2) is 31.0 Å². The summed E-state index contributed by atoms with van der Waals surface area (Å²) in [5.74, 6) is 0.972. The number of benzene rings is 1. The molecule has 1 amide bonds. The standard InChI is InChI=1S/C14H20N2O2/c1-4-7-11-14(17)16(2)13(15-11)10-8-5-6-9-12(10)18-3/h5-6,8-9,11,13,15H,4,7H2,1-3H3. The zero-order valence-electron chi connectivity index (χ0n) is 11.1. The van der Waals surface area contributed by atoms with Gasteiger partial charge in [-0.2, -0.15) is 0 Å². The predicted octanol–water partition coefficient (Wildman–Crippen LogP) is 1.92. The molecule has 4 heteroatoms. The van der Waals surface area contributed by atoms with Gasteiger partial charge in [0, 0.05) is 12.6 Å². The number of hydrogen-bond donors (Lipinski definition) is 1. The van der Waals surface area contributed by atoms with Gasteiger partial charge in [0.2, 0.25) is 5.91 Å². The molecule has 0 bridgehead atoms. The minimum atomic E-state index is -0.0924. The average molecular weight is 248 g/mol. The van der Waals surface area contributed by atoms with E-state index in [0.717, 1.165) is 24.2 Å². The van der Waals surface area contributed by atoms with E-state index in [0.29, 0.717) is 0 Å². The van der Waals surface area contributed by atoms with Gasteiger partial charge in [0.05, 0.1) is 13.2 Å². The van der Waals surface area contributed by atoms with Gasteiger partial charge in [-0.1, -0.05) is 31.5 Å². The number of methoxy groups -OCH3 is 1. The first-order valence-electron chi connectivity index (χ1n) is 6.34. The van der Waals surface area contributed by atoms with Gasteiger partial charge in [0.15, 0.2) is 0 Å². The molecular formula is C14H20N2O2. The van der Waals surface area contributed by atoms with Gasteiger partial charge < -0.3 is 9.64 Å². The number of carbonyl (C=O) groups excluding carboxylic acids is 1. The number of para-hydroxylation sites is 1. The van der Waals surface area contributed by atoms with E-state index in [-0.39, 0.29) is 18.1 Å². The summed E-state index contributed by atoms with van der Waals surface area (Å²) in [7, 11) is 3.49. The fourth-order valence-electron chi connectivity index (χ4n) is 2.43. The first-order chi connectivity index (χ1) is 8.69. The fraction of sp³-hybridized carbons (Fsp3) is 0.500. The molecule has 2 unspecified atom stereocenters. The Morgan fingerprint density at radius 2 is 2.11 bits per heavy atom. The van der Waals surface area contributed by atoms with Gasteiger partial charge in [-0.25, -0.2) is 0 Å². The second kappa shape index (κ2) is 5.40. The van der Waals surface area contributed by atoms with E-state index in [1.165, 1.54) is 0 Å². The number of nitrogens with one attached hydrogen (secondary N) is 1. The highest BCUT2D eigenvalue weighted by atomic mass is 16.5. The van der Waals surface area contributed by atoms with Crippen molar-refractivity contribution in [2.24, 2.45) is 0 Å². The van der Waals surface area contributed by atoms with E-state index in [9.17, 15) is 4.79 Å². The molecule has 0 saturated carbocycles. The molecule has 1 aromatic carbocycles. The number of carbonyl (C=O) groups is 1. The first-order valence-corrected chi connectivity index (χ1v) is 6.34. The van der Waals surface area contributed by atoms with Crippen LogP contribution in [0.2, 0.25) is 0 Å². The maximum absolute atomic E-state index is 12.1. The highest BCUT2D eigenvalue weighted by molar-refractivity contribution is 5.84. The number of amides is 1. The Morgan fingerprint density at radius 1 is 1.39 bits per heavy atom. The van der Waals surface area contributed by atoms with E-state index in [1.807, 2.05) is 31.3 Å². The minimum absolute atomic E-state index is 0.0742. The molecule has 1 aromatic rings. The first kappa shape index (κ1) is 12.9. The summed E-state index contributed by atoms with van der Waals surface area (Å²) in [4.78, 5) is 13.9. The molecule has 1 aliphatic heterocycles. The number of hydrogen-bond acceptors (Lipinski definition) is 3. The highest BCUT2D eigenvalue weighted by Gasteiger charge is 2.37. The quantitative estimate of drug-likeness (QED) is 0.885. The normalized spacial score (nSPS) is 23.5. The van der Waals surface area contributed by atoms with Crippen LogP contribution < -0.4 is 10.1 Å². The molecule has 1 fully saturated rings. The van der Waals surface area contributed by atoms with Crippen molar-refractivity contribution in [3.8, 4) is 5.75 Å². The van der Waals surface area contributed by atoms with Gasteiger partial charge in [0.25, 0.3) is 0 Å². The molecule has 0 aliphatic carbocycles. The van der Waals surface area contributed by atoms with Crippen LogP contribution >= 0.6 is 0 Å². The fourth-order valence-corrected chi connectivity index (χ4v) is 2.43.